The molecule has 33 heavy (non-hydrogen) atoms. The van der Waals surface area contributed by atoms with E-state index in [2.05, 4.69) is 62.1 Å². The second-order valence-corrected chi connectivity index (χ2v) is 11.8. The first-order valence-electron chi connectivity index (χ1n) is 12.9. The third kappa shape index (κ3) is 4.77. The summed E-state index contributed by atoms with van der Waals surface area (Å²) in [7, 11) is 0. The van der Waals surface area contributed by atoms with Crippen LogP contribution < -0.4 is 4.74 Å². The molecule has 2 saturated heterocycles. The maximum absolute atomic E-state index is 11.5. The number of nitrogens with zero attached hydrogens (tertiary/aromatic N) is 1. The zero-order valence-electron chi connectivity index (χ0n) is 20.4. The zero-order chi connectivity index (χ0) is 23.2. The Hall–Kier alpha value is -2.07. The van der Waals surface area contributed by atoms with Gasteiger partial charge in [0, 0.05) is 24.0 Å². The number of hydrogen-bond donors (Lipinski definition) is 1. The second-order valence-electron chi connectivity index (χ2n) is 11.8. The number of carboxylic acid groups (broad SMARTS) is 1. The minimum atomic E-state index is -0.614. The number of hydrogen-bond acceptors (Lipinski definition) is 3. The van der Waals surface area contributed by atoms with Gasteiger partial charge in [-0.15, -0.1) is 0 Å². The van der Waals surface area contributed by atoms with Gasteiger partial charge in [-0.05, 0) is 85.8 Å². The maximum atomic E-state index is 11.5. The van der Waals surface area contributed by atoms with Gasteiger partial charge in [-0.3, -0.25) is 9.69 Å². The highest BCUT2D eigenvalue weighted by molar-refractivity contribution is 5.88. The van der Waals surface area contributed by atoms with Crippen LogP contribution in [-0.2, 0) is 11.3 Å². The Morgan fingerprint density at radius 3 is 2.33 bits per heavy atom. The summed E-state index contributed by atoms with van der Waals surface area (Å²) in [5, 5.41) is 11.9. The number of piperidine rings is 1. The minimum absolute atomic E-state index is 0.159. The molecule has 4 nitrogen and oxygen atoms in total. The Kier molecular flexibility index (Phi) is 6.15. The van der Waals surface area contributed by atoms with Gasteiger partial charge in [0.05, 0.1) is 12.0 Å². The summed E-state index contributed by atoms with van der Waals surface area (Å²) in [5.74, 6) is 1.04. The van der Waals surface area contributed by atoms with Crippen molar-refractivity contribution in [2.45, 2.75) is 96.9 Å². The molecule has 2 bridgehead atoms. The molecule has 0 amide bonds. The van der Waals surface area contributed by atoms with Crippen LogP contribution in [0.25, 0.3) is 10.8 Å². The highest BCUT2D eigenvalue weighted by Gasteiger charge is 2.42. The lowest BCUT2D eigenvalue weighted by Crippen LogP contribution is -2.44. The number of fused-ring (bicyclic) bond motifs is 3. The van der Waals surface area contributed by atoms with Crippen molar-refractivity contribution in [3.8, 4) is 5.75 Å². The van der Waals surface area contributed by atoms with Crippen molar-refractivity contribution < 1.29 is 14.6 Å². The lowest BCUT2D eigenvalue weighted by atomic mass is 9.72. The van der Waals surface area contributed by atoms with Crippen LogP contribution in [0.1, 0.15) is 77.7 Å². The highest BCUT2D eigenvalue weighted by atomic mass is 16.5. The number of carboxylic acids is 1. The molecule has 2 aromatic carbocycles. The van der Waals surface area contributed by atoms with Gasteiger partial charge in [0.15, 0.2) is 0 Å². The predicted octanol–water partition coefficient (Wildman–Crippen LogP) is 6.65. The minimum Gasteiger partial charge on any atom is -0.490 e. The van der Waals surface area contributed by atoms with Crippen LogP contribution in [-0.4, -0.2) is 34.2 Å². The zero-order valence-corrected chi connectivity index (χ0v) is 20.4. The Morgan fingerprint density at radius 1 is 1.00 bits per heavy atom. The largest absolute Gasteiger partial charge is 0.490 e. The Labute approximate surface area is 198 Å². The fourth-order valence-corrected chi connectivity index (χ4v) is 6.68. The van der Waals surface area contributed by atoms with Crippen LogP contribution >= 0.6 is 0 Å². The Bertz CT molecular complexity index is 988. The summed E-state index contributed by atoms with van der Waals surface area (Å²) in [5.41, 5.74) is 1.71. The summed E-state index contributed by atoms with van der Waals surface area (Å²) < 4.78 is 6.53. The molecule has 178 valence electrons. The van der Waals surface area contributed by atoms with Crippen molar-refractivity contribution in [2.75, 3.05) is 0 Å². The maximum Gasteiger partial charge on any atom is 0.306 e. The molecule has 3 aliphatic rings. The van der Waals surface area contributed by atoms with Crippen molar-refractivity contribution in [3.05, 3.63) is 42.0 Å². The van der Waals surface area contributed by atoms with E-state index in [4.69, 9.17) is 4.74 Å². The summed E-state index contributed by atoms with van der Waals surface area (Å²) in [6.07, 6.45) is 8.99. The monoisotopic (exact) mass is 449 g/mol. The first-order chi connectivity index (χ1) is 15.8. The predicted molar refractivity (Wildman–Crippen MR) is 132 cm³/mol. The lowest BCUT2D eigenvalue weighted by Gasteiger charge is -2.37. The van der Waals surface area contributed by atoms with Gasteiger partial charge < -0.3 is 9.84 Å². The van der Waals surface area contributed by atoms with Crippen molar-refractivity contribution >= 4 is 16.7 Å². The van der Waals surface area contributed by atoms with Gasteiger partial charge in [0.25, 0.3) is 0 Å². The Morgan fingerprint density at radius 2 is 1.70 bits per heavy atom. The van der Waals surface area contributed by atoms with E-state index in [1.807, 2.05) is 0 Å². The van der Waals surface area contributed by atoms with Crippen LogP contribution in [0.4, 0.5) is 0 Å². The summed E-state index contributed by atoms with van der Waals surface area (Å²) in [6.45, 7) is 8.00. The van der Waals surface area contributed by atoms with E-state index in [0.717, 1.165) is 56.7 Å². The summed E-state index contributed by atoms with van der Waals surface area (Å²) >= 11 is 0. The molecule has 3 fully saturated rings. The van der Waals surface area contributed by atoms with Crippen molar-refractivity contribution in [1.29, 1.82) is 0 Å². The molecule has 2 unspecified atom stereocenters. The van der Waals surface area contributed by atoms with Crippen LogP contribution in [0, 0.1) is 17.3 Å². The second kappa shape index (κ2) is 8.94. The van der Waals surface area contributed by atoms with E-state index in [1.54, 1.807) is 0 Å². The topological polar surface area (TPSA) is 49.8 Å². The van der Waals surface area contributed by atoms with Gasteiger partial charge in [0.1, 0.15) is 5.75 Å². The molecule has 2 aromatic rings. The number of benzene rings is 2. The first kappa shape index (κ1) is 22.7. The van der Waals surface area contributed by atoms with E-state index in [0.29, 0.717) is 23.6 Å². The molecule has 1 saturated carbocycles. The molecular weight excluding hydrogens is 410 g/mol. The fraction of sp³-hybridized carbons (Fsp3) is 0.621. The normalized spacial score (nSPS) is 30.5. The molecule has 0 radical (unpaired) electrons. The van der Waals surface area contributed by atoms with E-state index in [-0.39, 0.29) is 5.92 Å². The molecule has 5 rings (SSSR count). The molecular formula is C29H39NO3. The van der Waals surface area contributed by atoms with Crippen LogP contribution in [0.3, 0.4) is 0 Å². The lowest BCUT2D eigenvalue weighted by molar-refractivity contribution is -0.144. The van der Waals surface area contributed by atoms with Crippen molar-refractivity contribution in [1.82, 2.24) is 4.90 Å². The van der Waals surface area contributed by atoms with Gasteiger partial charge in [-0.25, -0.2) is 0 Å². The molecule has 0 aromatic heterocycles. The summed E-state index contributed by atoms with van der Waals surface area (Å²) in [6, 6.07) is 14.0. The molecule has 0 spiro atoms. The van der Waals surface area contributed by atoms with Gasteiger partial charge in [0.2, 0.25) is 0 Å². The molecule has 4 heteroatoms. The number of rotatable bonds is 5. The molecule has 2 aliphatic heterocycles. The molecule has 2 atom stereocenters. The quantitative estimate of drug-likeness (QED) is 0.555. The highest BCUT2D eigenvalue weighted by Crippen LogP contribution is 2.41. The standard InChI is InChI=1S/C29H39NO3/c1-29(2,3)22-8-12-25(13-9-22)33-27-6-4-5-20-15-19(7-14-26(20)27)18-30-23-10-11-24(30)17-21(16-23)28(31)32/h4-7,14-15,21-25H,8-13,16-18H2,1-3H3,(H,31,32)/t21?,22-,23?,24?,25-. The fourth-order valence-electron chi connectivity index (χ4n) is 6.68. The van der Waals surface area contributed by atoms with Crippen LogP contribution in [0.2, 0.25) is 0 Å². The molecule has 1 aliphatic carbocycles. The van der Waals surface area contributed by atoms with Crippen molar-refractivity contribution in [3.63, 3.8) is 0 Å². The summed E-state index contributed by atoms with van der Waals surface area (Å²) in [4.78, 5) is 14.1. The van der Waals surface area contributed by atoms with E-state index >= 15 is 0 Å². The smallest absolute Gasteiger partial charge is 0.306 e. The van der Waals surface area contributed by atoms with Gasteiger partial charge in [-0.2, -0.15) is 0 Å². The number of aliphatic carboxylic acids is 1. The van der Waals surface area contributed by atoms with Gasteiger partial charge in [-0.1, -0.05) is 45.0 Å². The molecule has 1 N–H and O–H groups in total. The number of ether oxygens (including phenoxy) is 1. The van der Waals surface area contributed by atoms with Crippen molar-refractivity contribution in [2.24, 2.45) is 17.3 Å². The number of carbonyl (C=O) groups is 1. The average molecular weight is 450 g/mol. The molecule has 2 heterocycles. The third-order valence-electron chi connectivity index (χ3n) is 8.70. The van der Waals surface area contributed by atoms with Crippen LogP contribution in [0.5, 0.6) is 5.75 Å². The SMILES string of the molecule is CC(C)(C)[C@H]1CC[C@H](Oc2cccc3cc(CN4C5CCC4CC(C(=O)O)C5)ccc23)CC1. The first-order valence-corrected chi connectivity index (χ1v) is 12.9. The van der Waals surface area contributed by atoms with Gasteiger partial charge >= 0.3 is 5.97 Å². The Balaban J connectivity index is 1.26. The average Bonchev–Trinajstić information content (AvgIpc) is 3.00. The third-order valence-corrected chi connectivity index (χ3v) is 8.70. The van der Waals surface area contributed by atoms with Crippen LogP contribution in [0.15, 0.2) is 36.4 Å². The van der Waals surface area contributed by atoms with E-state index < -0.39 is 5.97 Å². The van der Waals surface area contributed by atoms with E-state index in [9.17, 15) is 9.90 Å². The van der Waals surface area contributed by atoms with E-state index in [1.165, 1.54) is 29.2 Å².